The molecule has 0 bridgehead atoms. The molecule has 0 radical (unpaired) electrons. The minimum Gasteiger partial charge on any atom is -0.444 e. The molecule has 6 nitrogen and oxygen atoms in total. The largest absolute Gasteiger partial charge is 0.444 e. The van der Waals surface area contributed by atoms with Gasteiger partial charge in [-0.3, -0.25) is 0 Å². The van der Waals surface area contributed by atoms with Crippen molar-refractivity contribution in [1.29, 1.82) is 0 Å². The Hall–Kier alpha value is -1.92. The average molecular weight is 296 g/mol. The van der Waals surface area contributed by atoms with Crippen LogP contribution in [0.3, 0.4) is 0 Å². The molecule has 1 amide bonds. The fraction of sp³-hybridized carbons (Fsp3) is 0.643. The number of alkyl carbamates (subject to hydrolysis) is 1. The van der Waals surface area contributed by atoms with Gasteiger partial charge in [0.2, 0.25) is 0 Å². The van der Waals surface area contributed by atoms with Gasteiger partial charge >= 0.3 is 6.09 Å². The Morgan fingerprint density at radius 3 is 2.95 bits per heavy atom. The summed E-state index contributed by atoms with van der Waals surface area (Å²) in [6, 6.07) is 1.64. The van der Waals surface area contributed by atoms with Crippen LogP contribution in [0, 0.1) is 0 Å². The zero-order valence-electron chi connectivity index (χ0n) is 12.6. The highest BCUT2D eigenvalue weighted by Crippen LogP contribution is 2.19. The van der Waals surface area contributed by atoms with Gasteiger partial charge in [-0.15, -0.1) is 0 Å². The number of ether oxygens (including phenoxy) is 1. The lowest BCUT2D eigenvalue weighted by Crippen LogP contribution is -2.40. The number of hydrogen-bond acceptors (Lipinski definition) is 5. The molecule has 2 rings (SSSR count). The van der Waals surface area contributed by atoms with Crippen LogP contribution in [0.1, 0.15) is 32.9 Å². The lowest BCUT2D eigenvalue weighted by molar-refractivity contribution is 0.0509. The van der Waals surface area contributed by atoms with Gasteiger partial charge in [0.05, 0.1) is 11.7 Å². The molecule has 0 aromatic carbocycles. The van der Waals surface area contributed by atoms with Crippen molar-refractivity contribution in [3.8, 4) is 0 Å². The summed E-state index contributed by atoms with van der Waals surface area (Å²) in [4.78, 5) is 21.7. The Morgan fingerprint density at radius 1 is 1.52 bits per heavy atom. The number of nitrogens with one attached hydrogen (secondary N) is 1. The van der Waals surface area contributed by atoms with Crippen molar-refractivity contribution in [2.75, 3.05) is 18.0 Å². The van der Waals surface area contributed by atoms with Gasteiger partial charge in [0.15, 0.2) is 0 Å². The maximum atomic E-state index is 12.6. The molecule has 1 aromatic rings. The molecule has 1 aliphatic rings. The number of aromatic nitrogens is 2. The van der Waals surface area contributed by atoms with E-state index in [1.807, 2.05) is 25.7 Å². The standard InChI is InChI=1S/C14H21FN4O2/c1-14(2,3)21-13(20)18-10-4-5-19(8-10)12-6-11(7-15)16-9-17-12/h6,9-10H,4-5,7-8H2,1-3H3,(H,18,20). The molecule has 1 fully saturated rings. The summed E-state index contributed by atoms with van der Waals surface area (Å²) in [7, 11) is 0. The normalized spacial score (nSPS) is 18.7. The van der Waals surface area contributed by atoms with E-state index in [9.17, 15) is 9.18 Å². The number of alkyl halides is 1. The molecular weight excluding hydrogens is 275 g/mol. The third-order valence-electron chi connectivity index (χ3n) is 3.08. The molecule has 0 saturated carbocycles. The number of hydrogen-bond donors (Lipinski definition) is 1. The molecule has 0 spiro atoms. The van der Waals surface area contributed by atoms with Crippen molar-refractivity contribution in [2.45, 2.75) is 45.5 Å². The van der Waals surface area contributed by atoms with Crippen molar-refractivity contribution >= 4 is 11.9 Å². The fourth-order valence-electron chi connectivity index (χ4n) is 2.19. The SMILES string of the molecule is CC(C)(C)OC(=O)NC1CCN(c2cc(CF)ncn2)C1. The second-order valence-corrected chi connectivity index (χ2v) is 6.08. The van der Waals surface area contributed by atoms with Gasteiger partial charge in [-0.25, -0.2) is 19.2 Å². The van der Waals surface area contributed by atoms with Crippen molar-refractivity contribution < 1.29 is 13.9 Å². The van der Waals surface area contributed by atoms with Crippen LogP contribution < -0.4 is 10.2 Å². The van der Waals surface area contributed by atoms with Crippen LogP contribution in [0.25, 0.3) is 0 Å². The zero-order chi connectivity index (χ0) is 15.5. The molecule has 7 heteroatoms. The minimum atomic E-state index is -0.608. The number of anilines is 1. The van der Waals surface area contributed by atoms with Crippen LogP contribution in [0.2, 0.25) is 0 Å². The summed E-state index contributed by atoms with van der Waals surface area (Å²) >= 11 is 0. The Bertz CT molecular complexity index is 504. The molecule has 21 heavy (non-hydrogen) atoms. The van der Waals surface area contributed by atoms with E-state index in [0.717, 1.165) is 13.0 Å². The van der Waals surface area contributed by atoms with Gasteiger partial charge in [-0.1, -0.05) is 0 Å². The van der Waals surface area contributed by atoms with Gasteiger partial charge in [-0.05, 0) is 27.2 Å². The van der Waals surface area contributed by atoms with Gasteiger partial charge in [0, 0.05) is 19.2 Å². The smallest absolute Gasteiger partial charge is 0.407 e. The molecule has 1 atom stereocenters. The summed E-state index contributed by atoms with van der Waals surface area (Å²) in [5.41, 5.74) is -0.144. The molecule has 1 unspecified atom stereocenters. The topological polar surface area (TPSA) is 67.3 Å². The maximum absolute atomic E-state index is 12.6. The monoisotopic (exact) mass is 296 g/mol. The highest BCUT2D eigenvalue weighted by Gasteiger charge is 2.27. The summed E-state index contributed by atoms with van der Waals surface area (Å²) in [5.74, 6) is 0.686. The van der Waals surface area contributed by atoms with E-state index >= 15 is 0 Å². The van der Waals surface area contributed by atoms with Crippen LogP contribution >= 0.6 is 0 Å². The number of nitrogens with zero attached hydrogens (tertiary/aromatic N) is 3. The van der Waals surface area contributed by atoms with Crippen molar-refractivity contribution in [1.82, 2.24) is 15.3 Å². The Morgan fingerprint density at radius 2 is 2.29 bits per heavy atom. The van der Waals surface area contributed by atoms with Gasteiger partial charge in [0.1, 0.15) is 24.4 Å². The van der Waals surface area contributed by atoms with E-state index < -0.39 is 18.4 Å². The zero-order valence-corrected chi connectivity index (χ0v) is 12.6. The molecule has 1 aromatic heterocycles. The molecule has 2 heterocycles. The fourth-order valence-corrected chi connectivity index (χ4v) is 2.19. The van der Waals surface area contributed by atoms with Gasteiger partial charge in [0.25, 0.3) is 0 Å². The number of amides is 1. The second kappa shape index (κ2) is 6.24. The number of carbonyl (C=O) groups is 1. The lowest BCUT2D eigenvalue weighted by Gasteiger charge is -2.22. The van der Waals surface area contributed by atoms with Gasteiger partial charge in [-0.2, -0.15) is 0 Å². The third kappa shape index (κ3) is 4.54. The van der Waals surface area contributed by atoms with Crippen LogP contribution in [0.5, 0.6) is 0 Å². The maximum Gasteiger partial charge on any atom is 0.407 e. The Balaban J connectivity index is 1.90. The predicted octanol–water partition coefficient (Wildman–Crippen LogP) is 2.05. The molecule has 1 aliphatic heterocycles. The predicted molar refractivity (Wildman–Crippen MR) is 76.8 cm³/mol. The van der Waals surface area contributed by atoms with Crippen LogP contribution in [0.4, 0.5) is 15.0 Å². The average Bonchev–Trinajstić information content (AvgIpc) is 2.85. The molecule has 0 aliphatic carbocycles. The second-order valence-electron chi connectivity index (χ2n) is 6.08. The summed E-state index contributed by atoms with van der Waals surface area (Å²) < 4.78 is 17.8. The van der Waals surface area contributed by atoms with Crippen LogP contribution in [-0.4, -0.2) is 40.8 Å². The number of halogens is 1. The van der Waals surface area contributed by atoms with E-state index in [1.54, 1.807) is 6.07 Å². The van der Waals surface area contributed by atoms with E-state index in [0.29, 0.717) is 18.1 Å². The molecule has 116 valence electrons. The highest BCUT2D eigenvalue weighted by molar-refractivity contribution is 5.68. The van der Waals surface area contributed by atoms with E-state index in [-0.39, 0.29) is 6.04 Å². The van der Waals surface area contributed by atoms with Crippen LogP contribution in [-0.2, 0) is 11.4 Å². The first-order valence-corrected chi connectivity index (χ1v) is 6.99. The Kier molecular flexibility index (Phi) is 4.59. The summed E-state index contributed by atoms with van der Waals surface area (Å²) in [6.45, 7) is 6.25. The quantitative estimate of drug-likeness (QED) is 0.924. The third-order valence-corrected chi connectivity index (χ3v) is 3.08. The number of rotatable bonds is 3. The molecule has 1 N–H and O–H groups in total. The van der Waals surface area contributed by atoms with Crippen LogP contribution in [0.15, 0.2) is 12.4 Å². The van der Waals surface area contributed by atoms with Crippen molar-refractivity contribution in [3.63, 3.8) is 0 Å². The summed E-state index contributed by atoms with van der Waals surface area (Å²) in [6.07, 6.45) is 1.74. The molecule has 1 saturated heterocycles. The van der Waals surface area contributed by atoms with Gasteiger partial charge < -0.3 is 15.0 Å². The van der Waals surface area contributed by atoms with Crippen molar-refractivity contribution in [3.05, 3.63) is 18.1 Å². The van der Waals surface area contributed by atoms with E-state index in [4.69, 9.17) is 4.74 Å². The minimum absolute atomic E-state index is 0.00337. The first-order valence-electron chi connectivity index (χ1n) is 6.99. The first kappa shape index (κ1) is 15.5. The summed E-state index contributed by atoms with van der Waals surface area (Å²) in [5, 5.41) is 2.84. The lowest BCUT2D eigenvalue weighted by atomic mass is 10.2. The van der Waals surface area contributed by atoms with E-state index in [2.05, 4.69) is 15.3 Å². The van der Waals surface area contributed by atoms with E-state index in [1.165, 1.54) is 6.33 Å². The first-order chi connectivity index (χ1) is 9.87. The molecular formula is C14H21FN4O2. The Labute approximate surface area is 123 Å². The van der Waals surface area contributed by atoms with Crippen molar-refractivity contribution in [2.24, 2.45) is 0 Å². The number of carbonyl (C=O) groups excluding carboxylic acids is 1. The highest BCUT2D eigenvalue weighted by atomic mass is 19.1.